The molecule has 0 unspecified atom stereocenters. The van der Waals surface area contributed by atoms with Crippen molar-refractivity contribution in [2.75, 3.05) is 11.9 Å². The van der Waals surface area contributed by atoms with Crippen LogP contribution >= 0.6 is 0 Å². The number of halogens is 3. The van der Waals surface area contributed by atoms with Gasteiger partial charge in [0.1, 0.15) is 24.3 Å². The van der Waals surface area contributed by atoms with Crippen molar-refractivity contribution in [3.05, 3.63) is 12.5 Å². The van der Waals surface area contributed by atoms with Crippen LogP contribution in [0.4, 0.5) is 19.0 Å². The van der Waals surface area contributed by atoms with Crippen LogP contribution in [-0.4, -0.2) is 61.7 Å². The summed E-state index contributed by atoms with van der Waals surface area (Å²) >= 11 is 0. The van der Waals surface area contributed by atoms with Crippen molar-refractivity contribution in [1.82, 2.24) is 24.6 Å². The van der Waals surface area contributed by atoms with Crippen LogP contribution in [0, 0.1) is 0 Å². The fourth-order valence-corrected chi connectivity index (χ4v) is 2.77. The van der Waals surface area contributed by atoms with Crippen LogP contribution < -0.4 is 5.32 Å². The first-order valence-electron chi connectivity index (χ1n) is 7.61. The Bertz CT molecular complexity index is 792. The molecule has 8 nitrogen and oxygen atoms in total. The second-order valence-electron chi connectivity index (χ2n) is 5.93. The number of aryl methyl sites for hydroxylation is 1. The van der Waals surface area contributed by atoms with Crippen molar-refractivity contribution < 1.29 is 22.7 Å². The molecule has 1 saturated heterocycles. The number of fused-ring (bicyclic) bond motifs is 1. The zero-order chi connectivity index (χ0) is 18.4. The molecule has 1 aliphatic heterocycles. The Morgan fingerprint density at radius 1 is 1.44 bits per heavy atom. The molecule has 0 aromatic carbocycles. The highest BCUT2D eigenvalue weighted by molar-refractivity contribution is 5.90. The summed E-state index contributed by atoms with van der Waals surface area (Å²) in [6.45, 7) is 3.05. The van der Waals surface area contributed by atoms with Gasteiger partial charge in [-0.25, -0.2) is 9.97 Å². The third-order valence-corrected chi connectivity index (χ3v) is 4.23. The van der Waals surface area contributed by atoms with Crippen LogP contribution in [-0.2, 0) is 16.6 Å². The lowest BCUT2D eigenvalue weighted by molar-refractivity contribution is -0.359. The van der Waals surface area contributed by atoms with Crippen LogP contribution in [0.1, 0.15) is 13.8 Å². The fourth-order valence-electron chi connectivity index (χ4n) is 2.77. The van der Waals surface area contributed by atoms with E-state index in [1.807, 2.05) is 0 Å². The van der Waals surface area contributed by atoms with Crippen molar-refractivity contribution in [3.8, 4) is 0 Å². The maximum absolute atomic E-state index is 12.5. The summed E-state index contributed by atoms with van der Waals surface area (Å²) in [5.74, 6) is 0.111. The van der Waals surface area contributed by atoms with Crippen LogP contribution in [0.2, 0.25) is 0 Å². The summed E-state index contributed by atoms with van der Waals surface area (Å²) in [7, 11) is 1.73. The standard InChI is InChI=1S/C14H17F3N6O2/c1-7(13(24)23-5-10(8(23)2)25-14(15,16)17)21-11-9-4-20-22(3)12(9)19-6-18-11/h4,6-8,10H,5H2,1-3H3,(H,18,19,21)/t7-,8+,10+/m1/s1. The minimum absolute atomic E-state index is 0.0996. The Morgan fingerprint density at radius 3 is 2.80 bits per heavy atom. The fraction of sp³-hybridized carbons (Fsp3) is 0.571. The Labute approximate surface area is 141 Å². The molecule has 1 amide bonds. The average molecular weight is 358 g/mol. The zero-order valence-corrected chi connectivity index (χ0v) is 13.8. The zero-order valence-electron chi connectivity index (χ0n) is 13.8. The van der Waals surface area contributed by atoms with Gasteiger partial charge in [-0.15, -0.1) is 13.2 Å². The lowest BCUT2D eigenvalue weighted by Crippen LogP contribution is -2.64. The molecule has 2 aromatic rings. The summed E-state index contributed by atoms with van der Waals surface area (Å²) in [5, 5.41) is 7.71. The number of hydrogen-bond donors (Lipinski definition) is 1. The van der Waals surface area contributed by atoms with Crippen LogP contribution in [0.25, 0.3) is 11.0 Å². The number of likely N-dealkylation sites (tertiary alicyclic amines) is 1. The number of rotatable bonds is 4. The summed E-state index contributed by atoms with van der Waals surface area (Å²) in [5.41, 5.74) is 0.605. The number of nitrogens with one attached hydrogen (secondary N) is 1. The number of ether oxygens (including phenoxy) is 1. The predicted molar refractivity (Wildman–Crippen MR) is 81.5 cm³/mol. The summed E-state index contributed by atoms with van der Waals surface area (Å²) in [4.78, 5) is 22.0. The lowest BCUT2D eigenvalue weighted by Gasteiger charge is -2.46. The second-order valence-corrected chi connectivity index (χ2v) is 5.93. The largest absolute Gasteiger partial charge is 0.522 e. The van der Waals surface area contributed by atoms with Crippen LogP contribution in [0.3, 0.4) is 0 Å². The number of alkyl halides is 3. The van der Waals surface area contributed by atoms with Gasteiger partial charge in [0.05, 0.1) is 17.6 Å². The molecule has 0 aliphatic carbocycles. The maximum Gasteiger partial charge on any atom is 0.522 e. The van der Waals surface area contributed by atoms with Gasteiger partial charge in [0.15, 0.2) is 5.65 Å². The third kappa shape index (κ3) is 3.36. The van der Waals surface area contributed by atoms with E-state index in [1.54, 1.807) is 24.9 Å². The van der Waals surface area contributed by atoms with E-state index in [0.29, 0.717) is 16.9 Å². The van der Waals surface area contributed by atoms with Crippen LogP contribution in [0.5, 0.6) is 0 Å². The first-order valence-corrected chi connectivity index (χ1v) is 7.61. The molecule has 136 valence electrons. The van der Waals surface area contributed by atoms with Gasteiger partial charge >= 0.3 is 6.36 Å². The molecule has 3 rings (SSSR count). The average Bonchev–Trinajstić information content (AvgIpc) is 2.92. The smallest absolute Gasteiger partial charge is 0.358 e. The van der Waals surface area contributed by atoms with Crippen LogP contribution in [0.15, 0.2) is 12.5 Å². The third-order valence-electron chi connectivity index (χ3n) is 4.23. The monoisotopic (exact) mass is 358 g/mol. The molecule has 0 saturated carbocycles. The molecule has 0 bridgehead atoms. The summed E-state index contributed by atoms with van der Waals surface area (Å²) in [6.07, 6.45) is -2.82. The van der Waals surface area contributed by atoms with Crippen molar-refractivity contribution in [1.29, 1.82) is 0 Å². The van der Waals surface area contributed by atoms with E-state index in [9.17, 15) is 18.0 Å². The molecule has 0 spiro atoms. The van der Waals surface area contributed by atoms with Crippen molar-refractivity contribution >= 4 is 22.8 Å². The molecule has 2 aromatic heterocycles. The molecule has 1 N–H and O–H groups in total. The van der Waals surface area contributed by atoms with E-state index in [2.05, 4.69) is 25.1 Å². The highest BCUT2D eigenvalue weighted by Crippen LogP contribution is 2.29. The highest BCUT2D eigenvalue weighted by atomic mass is 19.4. The van der Waals surface area contributed by atoms with E-state index in [1.165, 1.54) is 18.2 Å². The van der Waals surface area contributed by atoms with Gasteiger partial charge in [-0.2, -0.15) is 5.10 Å². The summed E-state index contributed by atoms with van der Waals surface area (Å²) < 4.78 is 42.3. The van der Waals surface area contributed by atoms with E-state index < -0.39 is 24.6 Å². The van der Waals surface area contributed by atoms with Gasteiger partial charge in [0.25, 0.3) is 0 Å². The van der Waals surface area contributed by atoms with Crippen molar-refractivity contribution in [2.45, 2.75) is 38.4 Å². The van der Waals surface area contributed by atoms with Crippen molar-refractivity contribution in [2.24, 2.45) is 7.05 Å². The first kappa shape index (κ1) is 17.4. The van der Waals surface area contributed by atoms with Gasteiger partial charge in [-0.05, 0) is 13.8 Å². The lowest BCUT2D eigenvalue weighted by atomic mass is 10.00. The molecule has 3 heterocycles. The minimum Gasteiger partial charge on any atom is -0.358 e. The highest BCUT2D eigenvalue weighted by Gasteiger charge is 2.46. The predicted octanol–water partition coefficient (Wildman–Crippen LogP) is 1.30. The Balaban J connectivity index is 1.65. The number of amides is 1. The molecule has 25 heavy (non-hydrogen) atoms. The molecule has 1 fully saturated rings. The molecule has 1 aliphatic rings. The van der Waals surface area contributed by atoms with E-state index >= 15 is 0 Å². The molecule has 3 atom stereocenters. The number of carbonyl (C=O) groups is 1. The number of anilines is 1. The quantitative estimate of drug-likeness (QED) is 0.887. The maximum atomic E-state index is 12.5. The normalized spacial score (nSPS) is 21.9. The molecule has 11 heteroatoms. The van der Waals surface area contributed by atoms with Gasteiger partial charge in [-0.1, -0.05) is 0 Å². The van der Waals surface area contributed by atoms with Gasteiger partial charge in [0, 0.05) is 13.6 Å². The van der Waals surface area contributed by atoms with E-state index in [0.717, 1.165) is 0 Å². The first-order chi connectivity index (χ1) is 11.7. The molecule has 0 radical (unpaired) electrons. The SMILES string of the molecule is C[C@@H](Nc1ncnc2c1cnn2C)C(=O)N1C[C@H](OC(F)(F)F)[C@@H]1C. The minimum atomic E-state index is -4.70. The van der Waals surface area contributed by atoms with Gasteiger partial charge in [0.2, 0.25) is 5.91 Å². The Kier molecular flexibility index (Phi) is 4.27. The Hall–Kier alpha value is -2.43. The second kappa shape index (κ2) is 6.14. The van der Waals surface area contributed by atoms with E-state index in [4.69, 9.17) is 0 Å². The number of hydrogen-bond acceptors (Lipinski definition) is 6. The van der Waals surface area contributed by atoms with Gasteiger partial charge in [-0.3, -0.25) is 14.2 Å². The molecular weight excluding hydrogens is 341 g/mol. The number of aromatic nitrogens is 4. The van der Waals surface area contributed by atoms with E-state index in [-0.39, 0.29) is 12.5 Å². The molecular formula is C14H17F3N6O2. The van der Waals surface area contributed by atoms with Gasteiger partial charge < -0.3 is 10.2 Å². The van der Waals surface area contributed by atoms with Crippen molar-refractivity contribution in [3.63, 3.8) is 0 Å². The topological polar surface area (TPSA) is 85.2 Å². The number of carbonyl (C=O) groups excluding carboxylic acids is 1. The summed E-state index contributed by atoms with van der Waals surface area (Å²) in [6, 6.07) is -1.32. The number of nitrogens with zero attached hydrogens (tertiary/aromatic N) is 5. The Morgan fingerprint density at radius 2 is 2.16 bits per heavy atom.